The molecule has 0 unspecified atom stereocenters. The summed E-state index contributed by atoms with van der Waals surface area (Å²) in [7, 11) is 0. The molecule has 2 aliphatic carbocycles. The Kier molecular flexibility index (Phi) is 7.68. The molecule has 2 aromatic carbocycles. The first-order chi connectivity index (χ1) is 11.4. The van der Waals surface area contributed by atoms with Gasteiger partial charge in [0.15, 0.2) is 0 Å². The van der Waals surface area contributed by atoms with Gasteiger partial charge in [0.25, 0.3) is 0 Å². The molecule has 2 aliphatic rings. The van der Waals surface area contributed by atoms with E-state index in [-0.39, 0.29) is 24.8 Å². The summed E-state index contributed by atoms with van der Waals surface area (Å²) in [5.74, 6) is 0. The van der Waals surface area contributed by atoms with Crippen LogP contribution in [0.15, 0.2) is 91.6 Å². The number of hydrogen-bond donors (Lipinski definition) is 0. The van der Waals surface area contributed by atoms with Crippen LogP contribution in [0, 0.1) is 0 Å². The molecule has 25 heavy (non-hydrogen) atoms. The van der Waals surface area contributed by atoms with Crippen molar-refractivity contribution in [1.29, 1.82) is 0 Å². The molecule has 0 radical (unpaired) electrons. The number of halogens is 2. The Morgan fingerprint density at radius 2 is 0.960 bits per heavy atom. The Morgan fingerprint density at radius 3 is 1.36 bits per heavy atom. The number of allylic oxidation sites excluding steroid dienone is 8. The molecule has 0 N–H and O–H groups in total. The monoisotopic (exact) mass is 532 g/mol. The molecule has 0 nitrogen and oxygen atoms in total. The normalized spacial score (nSPS) is 15.0. The molecule has 2 aromatic rings. The molecule has 0 aromatic heterocycles. The second kappa shape index (κ2) is 9.52. The summed E-state index contributed by atoms with van der Waals surface area (Å²) < 4.78 is 3.44. The van der Waals surface area contributed by atoms with Crippen LogP contribution in [0.2, 0.25) is 0 Å². The first-order valence-electron chi connectivity index (χ1n) is 8.08. The second-order valence-electron chi connectivity index (χ2n) is 5.92. The smallest absolute Gasteiger partial charge is 1.00 e. The van der Waals surface area contributed by atoms with Gasteiger partial charge in [0, 0.05) is 0 Å². The van der Waals surface area contributed by atoms with Crippen LogP contribution in [0.4, 0.5) is 0 Å². The van der Waals surface area contributed by atoms with Crippen LogP contribution in [-0.4, -0.2) is 0 Å². The molecule has 0 bridgehead atoms. The van der Waals surface area contributed by atoms with E-state index < -0.39 is 22.9 Å². The van der Waals surface area contributed by atoms with E-state index in [4.69, 9.17) is 0 Å². The molecule has 3 heteroatoms. The maximum absolute atomic E-state index is 2.46. The predicted molar refractivity (Wildman–Crippen MR) is 94.2 cm³/mol. The molecule has 4 rings (SSSR count). The fourth-order valence-corrected chi connectivity index (χ4v) is 7.68. The van der Waals surface area contributed by atoms with Crippen LogP contribution in [-0.2, 0) is 22.9 Å². The van der Waals surface area contributed by atoms with E-state index in [0.717, 1.165) is 0 Å². The van der Waals surface area contributed by atoms with E-state index in [1.54, 1.807) is 6.66 Å². The summed E-state index contributed by atoms with van der Waals surface area (Å²) in [5, 5.41) is 0. The van der Waals surface area contributed by atoms with Crippen molar-refractivity contribution in [2.75, 3.05) is 0 Å². The molecule has 0 saturated carbocycles. The van der Waals surface area contributed by atoms with E-state index in [0.29, 0.717) is 0 Å². The van der Waals surface area contributed by atoms with Gasteiger partial charge in [-0.2, -0.15) is 0 Å². The van der Waals surface area contributed by atoms with E-state index in [1.807, 2.05) is 0 Å². The zero-order valence-electron chi connectivity index (χ0n) is 13.8. The minimum atomic E-state index is -0.846. The Morgan fingerprint density at radius 1 is 0.560 bits per heavy atom. The molecular formula is C22H18Cl2Hf. The summed E-state index contributed by atoms with van der Waals surface area (Å²) in [6, 6.07) is 21.5. The van der Waals surface area contributed by atoms with Crippen molar-refractivity contribution >= 4 is 11.1 Å². The van der Waals surface area contributed by atoms with Gasteiger partial charge in [0.2, 0.25) is 0 Å². The minimum Gasteiger partial charge on any atom is -1.00 e. The van der Waals surface area contributed by atoms with Crippen LogP contribution in [0.3, 0.4) is 0 Å². The third-order valence-electron chi connectivity index (χ3n) is 4.28. The van der Waals surface area contributed by atoms with Gasteiger partial charge < -0.3 is 24.8 Å². The first-order valence-corrected chi connectivity index (χ1v) is 11.7. The van der Waals surface area contributed by atoms with Crippen molar-refractivity contribution in [2.24, 2.45) is 0 Å². The maximum Gasteiger partial charge on any atom is -1.00 e. The molecule has 124 valence electrons. The maximum atomic E-state index is 2.46. The Labute approximate surface area is 173 Å². The van der Waals surface area contributed by atoms with E-state index >= 15 is 0 Å². The standard InChI is InChI=1S/2C11H9.2ClH.Hf/c2*1-2-6-10(7-3-1)11-8-4-5-9-11;;;/h2*1-3,6-9H,4H2;2*1H;/q;;;;+2/p-2. The van der Waals surface area contributed by atoms with E-state index in [9.17, 15) is 0 Å². The minimum absolute atomic E-state index is 0. The zero-order valence-corrected chi connectivity index (χ0v) is 18.9. The van der Waals surface area contributed by atoms with Gasteiger partial charge in [-0.05, 0) is 0 Å². The van der Waals surface area contributed by atoms with Crippen LogP contribution < -0.4 is 24.8 Å². The Balaban J connectivity index is 0.00000113. The molecule has 0 fully saturated rings. The van der Waals surface area contributed by atoms with Gasteiger partial charge in [0.05, 0.1) is 0 Å². The fourth-order valence-electron chi connectivity index (χ4n) is 3.09. The SMILES string of the molecule is C1=[C]([Hf+2][C]2=CC(c3ccccc3)=CC2)CC=C1c1ccccc1.[Cl-].[Cl-]. The van der Waals surface area contributed by atoms with Crippen molar-refractivity contribution in [3.63, 3.8) is 0 Å². The number of hydrogen-bond acceptors (Lipinski definition) is 0. The average molecular weight is 532 g/mol. The molecule has 0 spiro atoms. The van der Waals surface area contributed by atoms with Crippen LogP contribution >= 0.6 is 0 Å². The van der Waals surface area contributed by atoms with Gasteiger partial charge in [-0.25, -0.2) is 0 Å². The summed E-state index contributed by atoms with van der Waals surface area (Å²) in [4.78, 5) is 0. The quantitative estimate of drug-likeness (QED) is 0.481. The molecular weight excluding hydrogens is 514 g/mol. The van der Waals surface area contributed by atoms with Crippen LogP contribution in [0.25, 0.3) is 11.1 Å². The van der Waals surface area contributed by atoms with Crippen LogP contribution in [0.1, 0.15) is 24.0 Å². The topological polar surface area (TPSA) is 0 Å². The van der Waals surface area contributed by atoms with Gasteiger partial charge in [0.1, 0.15) is 0 Å². The van der Waals surface area contributed by atoms with Gasteiger partial charge in [-0.1, -0.05) is 0 Å². The van der Waals surface area contributed by atoms with Crippen molar-refractivity contribution in [3.05, 3.63) is 103 Å². The molecule has 0 saturated heterocycles. The number of rotatable bonds is 4. The van der Waals surface area contributed by atoms with Gasteiger partial charge in [-0.3, -0.25) is 0 Å². The summed E-state index contributed by atoms with van der Waals surface area (Å²) in [6.07, 6.45) is 12.1. The summed E-state index contributed by atoms with van der Waals surface area (Å²) in [5.41, 5.74) is 5.55. The van der Waals surface area contributed by atoms with Crippen molar-refractivity contribution in [2.45, 2.75) is 12.8 Å². The molecule has 0 aliphatic heterocycles. The molecule has 0 heterocycles. The second-order valence-corrected chi connectivity index (χ2v) is 11.4. The van der Waals surface area contributed by atoms with E-state index in [2.05, 4.69) is 85.0 Å². The van der Waals surface area contributed by atoms with Gasteiger partial charge in [-0.15, -0.1) is 0 Å². The summed E-state index contributed by atoms with van der Waals surface area (Å²) >= 11 is -0.846. The number of benzene rings is 2. The zero-order chi connectivity index (χ0) is 15.5. The largest absolute Gasteiger partial charge is 1.00 e. The molecule has 0 amide bonds. The van der Waals surface area contributed by atoms with Crippen molar-refractivity contribution in [1.82, 2.24) is 0 Å². The van der Waals surface area contributed by atoms with Crippen molar-refractivity contribution in [3.8, 4) is 0 Å². The predicted octanol–water partition coefficient (Wildman–Crippen LogP) is -0.181. The molecule has 0 atom stereocenters. The van der Waals surface area contributed by atoms with Crippen molar-refractivity contribution < 1.29 is 47.7 Å². The van der Waals surface area contributed by atoms with Gasteiger partial charge >= 0.3 is 150 Å². The van der Waals surface area contributed by atoms with Crippen LogP contribution in [0.5, 0.6) is 0 Å². The Bertz CT molecular complexity index is 759. The average Bonchev–Trinajstić information content (AvgIpc) is 3.27. The fraction of sp³-hybridized carbons (Fsp3) is 0.0909. The Hall–Kier alpha value is -1.15. The first kappa shape index (κ1) is 20.2. The van der Waals surface area contributed by atoms with E-state index in [1.165, 1.54) is 35.1 Å². The third-order valence-corrected chi connectivity index (χ3v) is 9.09. The summed E-state index contributed by atoms with van der Waals surface area (Å²) in [6.45, 7) is 0. The third kappa shape index (κ3) is 4.94.